The molecule has 0 amide bonds. The van der Waals surface area contributed by atoms with Crippen LogP contribution in [0.25, 0.3) is 0 Å². The Morgan fingerprint density at radius 3 is 1.92 bits per heavy atom. The highest BCUT2D eigenvalue weighted by atomic mass is 16.7. The van der Waals surface area contributed by atoms with Gasteiger partial charge in [-0.05, 0) is 17.7 Å². The van der Waals surface area contributed by atoms with E-state index in [0.29, 0.717) is 0 Å². The van der Waals surface area contributed by atoms with Crippen LogP contribution in [0, 0.1) is 0 Å². The second-order valence-corrected chi connectivity index (χ2v) is 8.03. The van der Waals surface area contributed by atoms with E-state index in [-0.39, 0.29) is 18.8 Å². The summed E-state index contributed by atoms with van der Waals surface area (Å²) in [6.07, 6.45) is -6.12. The second-order valence-electron chi connectivity index (χ2n) is 8.03. The Morgan fingerprint density at radius 2 is 1.33 bits per heavy atom. The number of benzene rings is 2. The van der Waals surface area contributed by atoms with Crippen LogP contribution in [-0.4, -0.2) is 61.2 Å². The topological polar surface area (TPSA) is 124 Å². The lowest BCUT2D eigenvalue weighted by atomic mass is 9.98. The number of ether oxygens (including phenoxy) is 6. The summed E-state index contributed by atoms with van der Waals surface area (Å²) in [5, 5.41) is 0. The van der Waals surface area contributed by atoms with Crippen LogP contribution in [0.15, 0.2) is 60.7 Å². The molecule has 10 heteroatoms. The van der Waals surface area contributed by atoms with Gasteiger partial charge in [-0.2, -0.15) is 0 Å². The summed E-state index contributed by atoms with van der Waals surface area (Å²) in [4.78, 5) is 48.3. The zero-order chi connectivity index (χ0) is 26.1. The summed E-state index contributed by atoms with van der Waals surface area (Å²) in [7, 11) is 0. The Labute approximate surface area is 208 Å². The third-order valence-corrected chi connectivity index (χ3v) is 5.16. The fourth-order valence-corrected chi connectivity index (χ4v) is 3.65. The third kappa shape index (κ3) is 7.62. The van der Waals surface area contributed by atoms with Crippen LogP contribution in [-0.2, 0) is 49.4 Å². The van der Waals surface area contributed by atoms with Crippen LogP contribution < -0.4 is 0 Å². The minimum absolute atomic E-state index is 0.0513. The van der Waals surface area contributed by atoms with Crippen LogP contribution in [0.2, 0.25) is 0 Å². The van der Waals surface area contributed by atoms with E-state index in [4.69, 9.17) is 28.4 Å². The molecule has 0 radical (unpaired) electrons. The number of hydrogen-bond acceptors (Lipinski definition) is 10. The Balaban J connectivity index is 1.97. The first-order chi connectivity index (χ1) is 17.2. The summed E-state index contributed by atoms with van der Waals surface area (Å²) in [5.41, 5.74) is 1.03. The van der Waals surface area contributed by atoms with Crippen molar-refractivity contribution in [2.24, 2.45) is 0 Å². The van der Waals surface area contributed by atoms with Gasteiger partial charge in [0.25, 0.3) is 0 Å². The Bertz CT molecular complexity index is 1040. The monoisotopic (exact) mass is 500 g/mol. The molecular weight excluding hydrogens is 472 g/mol. The van der Waals surface area contributed by atoms with E-state index in [1.54, 1.807) is 30.3 Å². The van der Waals surface area contributed by atoms with E-state index in [1.807, 2.05) is 30.3 Å². The molecule has 0 aromatic heterocycles. The van der Waals surface area contributed by atoms with Gasteiger partial charge in [-0.15, -0.1) is 0 Å². The van der Waals surface area contributed by atoms with Crippen molar-refractivity contribution in [3.8, 4) is 0 Å². The van der Waals surface area contributed by atoms with Gasteiger partial charge in [0, 0.05) is 20.8 Å². The van der Waals surface area contributed by atoms with Gasteiger partial charge in [-0.1, -0.05) is 48.5 Å². The number of hydrogen-bond donors (Lipinski definition) is 0. The molecule has 0 aliphatic carbocycles. The van der Waals surface area contributed by atoms with Gasteiger partial charge in [-0.25, -0.2) is 4.79 Å². The lowest BCUT2D eigenvalue weighted by molar-refractivity contribution is -0.302. The Hall–Kier alpha value is -3.76. The first kappa shape index (κ1) is 26.8. The maximum Gasteiger partial charge on any atom is 0.338 e. The molecule has 1 aliphatic rings. The molecule has 1 aliphatic heterocycles. The van der Waals surface area contributed by atoms with Crippen molar-refractivity contribution < 1.29 is 47.6 Å². The molecule has 2 aromatic rings. The van der Waals surface area contributed by atoms with E-state index in [0.717, 1.165) is 5.56 Å². The van der Waals surface area contributed by atoms with E-state index in [9.17, 15) is 19.2 Å². The van der Waals surface area contributed by atoms with Crippen LogP contribution in [0.4, 0.5) is 0 Å². The molecule has 0 N–H and O–H groups in total. The van der Waals surface area contributed by atoms with Gasteiger partial charge in [-0.3, -0.25) is 14.4 Å². The van der Waals surface area contributed by atoms with Crippen LogP contribution in [0.1, 0.15) is 36.7 Å². The number of carbonyl (C=O) groups is 4. The summed E-state index contributed by atoms with van der Waals surface area (Å²) >= 11 is 0. The SMILES string of the molecule is CC(=O)OC[C@@H]1OC(OC(C)=O)[C@H](OC(=O)c2ccccc2)[C@@H](OCc2ccccc2)[C@@H]1OC(C)=O. The zero-order valence-corrected chi connectivity index (χ0v) is 20.2. The summed E-state index contributed by atoms with van der Waals surface area (Å²) in [6, 6.07) is 17.3. The average Bonchev–Trinajstić information content (AvgIpc) is 2.84. The van der Waals surface area contributed by atoms with Crippen molar-refractivity contribution in [3.05, 3.63) is 71.8 Å². The molecule has 2 aromatic carbocycles. The molecule has 36 heavy (non-hydrogen) atoms. The molecule has 0 saturated carbocycles. The highest BCUT2D eigenvalue weighted by Crippen LogP contribution is 2.31. The molecule has 0 spiro atoms. The van der Waals surface area contributed by atoms with Gasteiger partial charge in [0.2, 0.25) is 6.29 Å². The smallest absolute Gasteiger partial charge is 0.338 e. The van der Waals surface area contributed by atoms with Crippen molar-refractivity contribution in [1.29, 1.82) is 0 Å². The van der Waals surface area contributed by atoms with Gasteiger partial charge in [0.1, 0.15) is 18.8 Å². The van der Waals surface area contributed by atoms with Crippen molar-refractivity contribution in [2.75, 3.05) is 6.61 Å². The zero-order valence-electron chi connectivity index (χ0n) is 20.2. The standard InChI is InChI=1S/C26H28O10/c1-16(27)31-15-21-22(33-17(2)28)23(32-14-19-10-6-4-7-11-19)24(26(35-21)34-18(3)29)36-25(30)20-12-8-5-9-13-20/h4-13,21-24,26H,14-15H2,1-3H3/t21-,22+,23-,24+,26?/m0/s1. The predicted molar refractivity (Wildman–Crippen MR) is 123 cm³/mol. The predicted octanol–water partition coefficient (Wildman–Crippen LogP) is 2.58. The molecule has 1 saturated heterocycles. The summed E-state index contributed by atoms with van der Waals surface area (Å²) in [6.45, 7) is 3.30. The third-order valence-electron chi connectivity index (χ3n) is 5.16. The fraction of sp³-hybridized carbons (Fsp3) is 0.385. The Kier molecular flexibility index (Phi) is 9.54. The highest BCUT2D eigenvalue weighted by Gasteiger charge is 2.52. The highest BCUT2D eigenvalue weighted by molar-refractivity contribution is 5.89. The molecule has 0 bridgehead atoms. The van der Waals surface area contributed by atoms with Crippen LogP contribution in [0.3, 0.4) is 0 Å². The maximum atomic E-state index is 12.9. The van der Waals surface area contributed by atoms with Crippen molar-refractivity contribution in [2.45, 2.75) is 58.1 Å². The largest absolute Gasteiger partial charge is 0.463 e. The van der Waals surface area contributed by atoms with Gasteiger partial charge < -0.3 is 28.4 Å². The van der Waals surface area contributed by atoms with E-state index in [2.05, 4.69) is 0 Å². The molecular formula is C26H28O10. The number of carbonyl (C=O) groups excluding carboxylic acids is 4. The van der Waals surface area contributed by atoms with Gasteiger partial charge >= 0.3 is 23.9 Å². The lowest BCUT2D eigenvalue weighted by Gasteiger charge is -2.44. The fourth-order valence-electron chi connectivity index (χ4n) is 3.65. The normalized spacial score (nSPS) is 23.2. The van der Waals surface area contributed by atoms with Crippen LogP contribution >= 0.6 is 0 Å². The average molecular weight is 501 g/mol. The molecule has 1 unspecified atom stereocenters. The van der Waals surface area contributed by atoms with Crippen LogP contribution in [0.5, 0.6) is 0 Å². The molecule has 5 atom stereocenters. The molecule has 1 fully saturated rings. The minimum atomic E-state index is -1.43. The van der Waals surface area contributed by atoms with E-state index >= 15 is 0 Å². The van der Waals surface area contributed by atoms with E-state index < -0.39 is 54.6 Å². The molecule has 3 rings (SSSR count). The van der Waals surface area contributed by atoms with E-state index in [1.165, 1.54) is 20.8 Å². The molecule has 192 valence electrons. The summed E-state index contributed by atoms with van der Waals surface area (Å²) in [5.74, 6) is -2.69. The first-order valence-electron chi connectivity index (χ1n) is 11.3. The minimum Gasteiger partial charge on any atom is -0.463 e. The second kappa shape index (κ2) is 12.8. The lowest BCUT2D eigenvalue weighted by Crippen LogP contribution is -2.62. The van der Waals surface area contributed by atoms with Gasteiger partial charge in [0.05, 0.1) is 12.2 Å². The molecule has 10 nitrogen and oxygen atoms in total. The maximum absolute atomic E-state index is 12.9. The van der Waals surface area contributed by atoms with Crippen molar-refractivity contribution in [3.63, 3.8) is 0 Å². The van der Waals surface area contributed by atoms with Gasteiger partial charge in [0.15, 0.2) is 12.2 Å². The molecule has 1 heterocycles. The van der Waals surface area contributed by atoms with Crippen molar-refractivity contribution >= 4 is 23.9 Å². The number of rotatable bonds is 9. The summed E-state index contributed by atoms with van der Waals surface area (Å²) < 4.78 is 33.6. The van der Waals surface area contributed by atoms with Crippen molar-refractivity contribution in [1.82, 2.24) is 0 Å². The quantitative estimate of drug-likeness (QED) is 0.375. The number of esters is 4. The first-order valence-corrected chi connectivity index (χ1v) is 11.3. The Morgan fingerprint density at radius 1 is 0.722 bits per heavy atom.